The van der Waals surface area contributed by atoms with Crippen molar-refractivity contribution in [1.29, 1.82) is 0 Å². The number of hydrogen-bond acceptors (Lipinski definition) is 4. The number of carbonyl (C=O) groups excluding carboxylic acids is 2. The molecule has 2 amide bonds. The first-order chi connectivity index (χ1) is 12.5. The molecule has 1 heterocycles. The molecule has 1 aromatic heterocycles. The van der Waals surface area contributed by atoms with Crippen molar-refractivity contribution in [3.8, 4) is 5.75 Å². The standard InChI is InChI=1S/C19H17FN2O4/c1-12-5-6-16-13(10-26-17(16)7-12)8-18(23)21-22-19(24)11-25-15-4-2-3-14(20)9-15/h2-7,9-10H,8,11H2,1H3,(H,21,23)(H,22,24). The Morgan fingerprint density at radius 3 is 2.73 bits per heavy atom. The molecule has 3 rings (SSSR count). The molecule has 0 spiro atoms. The van der Waals surface area contributed by atoms with E-state index in [0.717, 1.165) is 22.6 Å². The summed E-state index contributed by atoms with van der Waals surface area (Å²) in [5.41, 5.74) is 7.06. The van der Waals surface area contributed by atoms with E-state index in [2.05, 4.69) is 10.9 Å². The molecule has 0 fully saturated rings. The summed E-state index contributed by atoms with van der Waals surface area (Å²) in [5, 5.41) is 0.853. The van der Waals surface area contributed by atoms with E-state index in [1.165, 1.54) is 24.5 Å². The molecule has 0 atom stereocenters. The second kappa shape index (κ2) is 7.69. The van der Waals surface area contributed by atoms with Gasteiger partial charge in [-0.1, -0.05) is 18.2 Å². The highest BCUT2D eigenvalue weighted by molar-refractivity contribution is 5.89. The van der Waals surface area contributed by atoms with Crippen molar-refractivity contribution < 1.29 is 23.1 Å². The number of amides is 2. The third-order valence-corrected chi connectivity index (χ3v) is 3.67. The number of carbonyl (C=O) groups is 2. The van der Waals surface area contributed by atoms with Gasteiger partial charge >= 0.3 is 0 Å². The molecule has 6 nitrogen and oxygen atoms in total. The van der Waals surface area contributed by atoms with Crippen LogP contribution >= 0.6 is 0 Å². The summed E-state index contributed by atoms with van der Waals surface area (Å²) in [7, 11) is 0. The lowest BCUT2D eigenvalue weighted by Crippen LogP contribution is -2.44. The van der Waals surface area contributed by atoms with Crippen molar-refractivity contribution in [2.45, 2.75) is 13.3 Å². The highest BCUT2D eigenvalue weighted by Crippen LogP contribution is 2.22. The Balaban J connectivity index is 1.48. The fourth-order valence-electron chi connectivity index (χ4n) is 2.43. The second-order valence-corrected chi connectivity index (χ2v) is 5.78. The Bertz CT molecular complexity index is 952. The number of hydrogen-bond donors (Lipinski definition) is 2. The van der Waals surface area contributed by atoms with Gasteiger partial charge in [0.15, 0.2) is 6.61 Å². The number of furan rings is 1. The van der Waals surface area contributed by atoms with Crippen molar-refractivity contribution in [2.75, 3.05) is 6.61 Å². The van der Waals surface area contributed by atoms with E-state index >= 15 is 0 Å². The molecular formula is C19H17FN2O4. The van der Waals surface area contributed by atoms with Gasteiger partial charge in [-0.3, -0.25) is 20.4 Å². The zero-order valence-corrected chi connectivity index (χ0v) is 14.0. The first-order valence-electron chi connectivity index (χ1n) is 7.94. The lowest BCUT2D eigenvalue weighted by Gasteiger charge is -2.08. The number of hydrazine groups is 1. The van der Waals surface area contributed by atoms with Crippen LogP contribution in [0.3, 0.4) is 0 Å². The highest BCUT2D eigenvalue weighted by Gasteiger charge is 2.11. The van der Waals surface area contributed by atoms with Crippen LogP contribution in [0.4, 0.5) is 4.39 Å². The Morgan fingerprint density at radius 2 is 1.92 bits per heavy atom. The third-order valence-electron chi connectivity index (χ3n) is 3.67. The van der Waals surface area contributed by atoms with Gasteiger partial charge in [-0.05, 0) is 30.7 Å². The molecule has 0 saturated carbocycles. The fourth-order valence-corrected chi connectivity index (χ4v) is 2.43. The molecule has 0 bridgehead atoms. The van der Waals surface area contributed by atoms with Crippen LogP contribution in [-0.2, 0) is 16.0 Å². The number of rotatable bonds is 5. The van der Waals surface area contributed by atoms with Crippen LogP contribution < -0.4 is 15.6 Å². The number of halogens is 1. The van der Waals surface area contributed by atoms with Gasteiger partial charge in [0.25, 0.3) is 5.91 Å². The van der Waals surface area contributed by atoms with Gasteiger partial charge in [0.05, 0.1) is 12.7 Å². The maximum absolute atomic E-state index is 13.0. The third kappa shape index (κ3) is 4.38. The summed E-state index contributed by atoms with van der Waals surface area (Å²) in [5.74, 6) is -1.19. The predicted molar refractivity (Wildman–Crippen MR) is 92.8 cm³/mol. The summed E-state index contributed by atoms with van der Waals surface area (Å²) in [6.07, 6.45) is 1.58. The largest absolute Gasteiger partial charge is 0.484 e. The second-order valence-electron chi connectivity index (χ2n) is 5.78. The zero-order valence-electron chi connectivity index (χ0n) is 14.0. The van der Waals surface area contributed by atoms with E-state index in [-0.39, 0.29) is 18.8 Å². The molecule has 0 radical (unpaired) electrons. The zero-order chi connectivity index (χ0) is 18.5. The summed E-state index contributed by atoms with van der Waals surface area (Å²) < 4.78 is 23.6. The molecule has 0 aliphatic heterocycles. The molecule has 7 heteroatoms. The molecule has 0 unspecified atom stereocenters. The molecule has 2 aromatic carbocycles. The number of ether oxygens (including phenoxy) is 1. The summed E-state index contributed by atoms with van der Waals surface area (Å²) in [4.78, 5) is 23.7. The van der Waals surface area contributed by atoms with Crippen LogP contribution in [0.5, 0.6) is 5.75 Å². The number of benzene rings is 2. The average Bonchev–Trinajstić information content (AvgIpc) is 3.00. The van der Waals surface area contributed by atoms with Gasteiger partial charge in [0.1, 0.15) is 17.1 Å². The summed E-state index contributed by atoms with van der Waals surface area (Å²) in [6, 6.07) is 11.2. The molecule has 134 valence electrons. The van der Waals surface area contributed by atoms with Gasteiger partial charge in [0, 0.05) is 17.0 Å². The van der Waals surface area contributed by atoms with Gasteiger partial charge in [-0.15, -0.1) is 0 Å². The van der Waals surface area contributed by atoms with Crippen molar-refractivity contribution >= 4 is 22.8 Å². The Morgan fingerprint density at radius 1 is 1.12 bits per heavy atom. The van der Waals surface area contributed by atoms with Gasteiger partial charge in [-0.25, -0.2) is 4.39 Å². The summed E-state index contributed by atoms with van der Waals surface area (Å²) >= 11 is 0. The van der Waals surface area contributed by atoms with Crippen molar-refractivity contribution in [3.05, 3.63) is 65.7 Å². The quantitative estimate of drug-likeness (QED) is 0.689. The number of nitrogens with one attached hydrogen (secondary N) is 2. The number of aryl methyl sites for hydroxylation is 1. The van der Waals surface area contributed by atoms with Crippen LogP contribution in [0.2, 0.25) is 0 Å². The van der Waals surface area contributed by atoms with Crippen LogP contribution in [-0.4, -0.2) is 18.4 Å². The van der Waals surface area contributed by atoms with E-state index in [9.17, 15) is 14.0 Å². The SMILES string of the molecule is Cc1ccc2c(CC(=O)NNC(=O)COc3cccc(F)c3)coc2c1. The molecule has 3 aromatic rings. The maximum Gasteiger partial charge on any atom is 0.276 e. The maximum atomic E-state index is 13.0. The van der Waals surface area contributed by atoms with Crippen LogP contribution in [0.25, 0.3) is 11.0 Å². The van der Waals surface area contributed by atoms with Crippen LogP contribution in [0, 0.1) is 12.7 Å². The van der Waals surface area contributed by atoms with Crippen molar-refractivity contribution in [3.63, 3.8) is 0 Å². The first kappa shape index (κ1) is 17.5. The minimum absolute atomic E-state index is 0.0566. The Labute approximate surface area is 148 Å². The smallest absolute Gasteiger partial charge is 0.276 e. The Hall–Kier alpha value is -3.35. The van der Waals surface area contributed by atoms with Crippen LogP contribution in [0.1, 0.15) is 11.1 Å². The average molecular weight is 356 g/mol. The molecule has 0 saturated heterocycles. The molecule has 0 aliphatic rings. The van der Waals surface area contributed by atoms with E-state index in [0.29, 0.717) is 5.58 Å². The molecule has 26 heavy (non-hydrogen) atoms. The van der Waals surface area contributed by atoms with E-state index in [1.54, 1.807) is 0 Å². The minimum atomic E-state index is -0.560. The Kier molecular flexibility index (Phi) is 5.17. The van der Waals surface area contributed by atoms with E-state index in [1.807, 2.05) is 25.1 Å². The lowest BCUT2D eigenvalue weighted by atomic mass is 10.1. The fraction of sp³-hybridized carbons (Fsp3) is 0.158. The lowest BCUT2D eigenvalue weighted by molar-refractivity contribution is -0.129. The van der Waals surface area contributed by atoms with Crippen LogP contribution in [0.15, 0.2) is 53.1 Å². The topological polar surface area (TPSA) is 80.6 Å². The minimum Gasteiger partial charge on any atom is -0.484 e. The van der Waals surface area contributed by atoms with E-state index < -0.39 is 17.6 Å². The molecule has 0 aliphatic carbocycles. The predicted octanol–water partition coefficient (Wildman–Crippen LogP) is 2.65. The monoisotopic (exact) mass is 356 g/mol. The molecule has 2 N–H and O–H groups in total. The molecular weight excluding hydrogens is 339 g/mol. The number of fused-ring (bicyclic) bond motifs is 1. The van der Waals surface area contributed by atoms with Gasteiger partial charge < -0.3 is 9.15 Å². The van der Waals surface area contributed by atoms with Gasteiger partial charge in [0.2, 0.25) is 5.91 Å². The highest BCUT2D eigenvalue weighted by atomic mass is 19.1. The van der Waals surface area contributed by atoms with Crippen molar-refractivity contribution in [1.82, 2.24) is 10.9 Å². The van der Waals surface area contributed by atoms with Gasteiger partial charge in [-0.2, -0.15) is 0 Å². The van der Waals surface area contributed by atoms with E-state index in [4.69, 9.17) is 9.15 Å². The van der Waals surface area contributed by atoms with Crippen molar-refractivity contribution in [2.24, 2.45) is 0 Å². The first-order valence-corrected chi connectivity index (χ1v) is 7.94. The normalized spacial score (nSPS) is 10.5. The summed E-state index contributed by atoms with van der Waals surface area (Å²) in [6.45, 7) is 1.60.